The van der Waals surface area contributed by atoms with E-state index in [0.717, 1.165) is 22.5 Å². The SMILES string of the molecule is CN(C)c1ccc(C2CC(c3ccc([N+](=O)[O-])cc3)=NN2C2=NC(=O)CS2)cc1. The molecule has 0 saturated heterocycles. The van der Waals surface area contributed by atoms with Crippen LogP contribution in [0.25, 0.3) is 0 Å². The number of hydrogen-bond acceptors (Lipinski definition) is 7. The van der Waals surface area contributed by atoms with Gasteiger partial charge in [-0.3, -0.25) is 14.9 Å². The van der Waals surface area contributed by atoms with E-state index in [-0.39, 0.29) is 17.6 Å². The average Bonchev–Trinajstić information content (AvgIpc) is 3.34. The molecule has 0 aliphatic carbocycles. The molecule has 4 rings (SSSR count). The van der Waals surface area contributed by atoms with Crippen LogP contribution in [0.3, 0.4) is 0 Å². The summed E-state index contributed by atoms with van der Waals surface area (Å²) in [4.78, 5) is 28.3. The highest BCUT2D eigenvalue weighted by Gasteiger charge is 2.34. The lowest BCUT2D eigenvalue weighted by atomic mass is 9.98. The predicted octanol–water partition coefficient (Wildman–Crippen LogP) is 3.44. The molecule has 29 heavy (non-hydrogen) atoms. The number of benzene rings is 2. The van der Waals surface area contributed by atoms with Crippen LogP contribution < -0.4 is 4.90 Å². The van der Waals surface area contributed by atoms with E-state index in [1.165, 1.54) is 23.9 Å². The van der Waals surface area contributed by atoms with Crippen LogP contribution in [0.1, 0.15) is 23.6 Å². The van der Waals surface area contributed by atoms with Crippen molar-refractivity contribution in [2.45, 2.75) is 12.5 Å². The molecule has 0 bridgehead atoms. The van der Waals surface area contributed by atoms with E-state index >= 15 is 0 Å². The maximum atomic E-state index is 11.7. The third-order valence-corrected chi connectivity index (χ3v) is 5.78. The molecule has 1 unspecified atom stereocenters. The normalized spacial score (nSPS) is 18.6. The summed E-state index contributed by atoms with van der Waals surface area (Å²) in [5.74, 6) is 0.159. The van der Waals surface area contributed by atoms with Gasteiger partial charge in [-0.2, -0.15) is 10.1 Å². The molecule has 0 N–H and O–H groups in total. The number of carbonyl (C=O) groups excluding carboxylic acids is 1. The average molecular weight is 409 g/mol. The van der Waals surface area contributed by atoms with Crippen molar-refractivity contribution in [3.8, 4) is 0 Å². The van der Waals surface area contributed by atoms with Crippen LogP contribution in [-0.2, 0) is 4.79 Å². The van der Waals surface area contributed by atoms with Gasteiger partial charge in [-0.1, -0.05) is 23.9 Å². The molecule has 0 saturated carbocycles. The molecule has 1 atom stereocenters. The first kappa shape index (κ1) is 19.1. The second-order valence-electron chi connectivity index (χ2n) is 6.98. The van der Waals surface area contributed by atoms with E-state index in [9.17, 15) is 14.9 Å². The van der Waals surface area contributed by atoms with Crippen LogP contribution in [0.4, 0.5) is 11.4 Å². The Kier molecular flexibility index (Phi) is 5.06. The van der Waals surface area contributed by atoms with Gasteiger partial charge in [0.2, 0.25) is 0 Å². The number of aliphatic imine (C=N–C) groups is 1. The van der Waals surface area contributed by atoms with Gasteiger partial charge in [0.1, 0.15) is 0 Å². The lowest BCUT2D eigenvalue weighted by molar-refractivity contribution is -0.384. The van der Waals surface area contributed by atoms with E-state index in [1.54, 1.807) is 17.1 Å². The van der Waals surface area contributed by atoms with E-state index in [1.807, 2.05) is 31.1 Å². The highest BCUT2D eigenvalue weighted by Crippen LogP contribution is 2.37. The molecule has 0 aromatic heterocycles. The number of anilines is 1. The number of hydrazone groups is 1. The zero-order valence-electron chi connectivity index (χ0n) is 16.0. The van der Waals surface area contributed by atoms with Crippen molar-refractivity contribution in [1.29, 1.82) is 0 Å². The minimum Gasteiger partial charge on any atom is -0.378 e. The van der Waals surface area contributed by atoms with E-state index in [0.29, 0.717) is 17.3 Å². The molecular formula is C20H19N5O3S. The van der Waals surface area contributed by atoms with Crippen molar-refractivity contribution < 1.29 is 9.72 Å². The first-order valence-electron chi connectivity index (χ1n) is 9.05. The molecular weight excluding hydrogens is 390 g/mol. The van der Waals surface area contributed by atoms with Gasteiger partial charge in [0.05, 0.1) is 22.4 Å². The summed E-state index contributed by atoms with van der Waals surface area (Å²) in [5, 5.41) is 18.0. The smallest absolute Gasteiger partial charge is 0.269 e. The number of carbonyl (C=O) groups is 1. The van der Waals surface area contributed by atoms with Crippen LogP contribution in [0, 0.1) is 10.1 Å². The molecule has 0 fully saturated rings. The Balaban J connectivity index is 1.67. The predicted molar refractivity (Wildman–Crippen MR) is 114 cm³/mol. The van der Waals surface area contributed by atoms with Crippen LogP contribution in [0.15, 0.2) is 58.6 Å². The minimum absolute atomic E-state index is 0.0429. The monoisotopic (exact) mass is 409 g/mol. The third kappa shape index (κ3) is 3.86. The molecule has 2 aliphatic heterocycles. The van der Waals surface area contributed by atoms with Gasteiger partial charge >= 0.3 is 0 Å². The van der Waals surface area contributed by atoms with Gasteiger partial charge in [0, 0.05) is 38.3 Å². The van der Waals surface area contributed by atoms with Crippen molar-refractivity contribution in [2.75, 3.05) is 24.7 Å². The van der Waals surface area contributed by atoms with Gasteiger partial charge in [-0.25, -0.2) is 5.01 Å². The summed E-state index contributed by atoms with van der Waals surface area (Å²) >= 11 is 1.38. The maximum absolute atomic E-state index is 11.7. The van der Waals surface area contributed by atoms with Crippen LogP contribution >= 0.6 is 11.8 Å². The number of non-ortho nitro benzene ring substituents is 1. The molecule has 2 aromatic rings. The zero-order chi connectivity index (χ0) is 20.5. The van der Waals surface area contributed by atoms with Gasteiger partial charge in [0.25, 0.3) is 11.6 Å². The minimum atomic E-state index is -0.419. The lowest BCUT2D eigenvalue weighted by Gasteiger charge is -2.23. The van der Waals surface area contributed by atoms with Crippen molar-refractivity contribution >= 4 is 39.9 Å². The molecule has 9 heteroatoms. The Morgan fingerprint density at radius 1 is 1.14 bits per heavy atom. The summed E-state index contributed by atoms with van der Waals surface area (Å²) in [6, 6.07) is 14.5. The van der Waals surface area contributed by atoms with Gasteiger partial charge in [0.15, 0.2) is 5.17 Å². The molecule has 2 heterocycles. The fraction of sp³-hybridized carbons (Fsp3) is 0.250. The molecule has 2 aromatic carbocycles. The number of amidine groups is 1. The number of nitrogens with zero attached hydrogens (tertiary/aromatic N) is 5. The highest BCUT2D eigenvalue weighted by atomic mass is 32.2. The van der Waals surface area contributed by atoms with Crippen molar-refractivity contribution in [3.05, 3.63) is 69.8 Å². The van der Waals surface area contributed by atoms with Gasteiger partial charge < -0.3 is 4.90 Å². The Bertz CT molecular complexity index is 1020. The van der Waals surface area contributed by atoms with Crippen molar-refractivity contribution in [1.82, 2.24) is 5.01 Å². The van der Waals surface area contributed by atoms with Crippen LogP contribution in [-0.4, -0.2) is 46.6 Å². The Morgan fingerprint density at radius 3 is 2.38 bits per heavy atom. The van der Waals surface area contributed by atoms with Crippen molar-refractivity contribution in [2.24, 2.45) is 10.1 Å². The van der Waals surface area contributed by atoms with E-state index in [2.05, 4.69) is 17.1 Å². The second-order valence-corrected chi connectivity index (χ2v) is 7.92. The molecule has 0 spiro atoms. The number of nitro groups is 1. The standard InChI is InChI=1S/C20H19N5O3S/c1-23(2)15-7-5-14(6-8-15)18-11-17(13-3-9-16(10-4-13)25(27)28)22-24(18)20-21-19(26)12-29-20/h3-10,18H,11-12H2,1-2H3. The number of nitro benzene ring substituents is 1. The Hall–Kier alpha value is -3.20. The molecule has 8 nitrogen and oxygen atoms in total. The number of thioether (sulfide) groups is 1. The first-order valence-corrected chi connectivity index (χ1v) is 10.0. The largest absolute Gasteiger partial charge is 0.378 e. The number of rotatable bonds is 4. The quantitative estimate of drug-likeness (QED) is 0.567. The van der Waals surface area contributed by atoms with Gasteiger partial charge in [-0.15, -0.1) is 0 Å². The molecule has 0 radical (unpaired) electrons. The zero-order valence-corrected chi connectivity index (χ0v) is 16.8. The summed E-state index contributed by atoms with van der Waals surface area (Å²) in [6.45, 7) is 0. The van der Waals surface area contributed by atoms with E-state index < -0.39 is 4.92 Å². The second kappa shape index (κ2) is 7.67. The van der Waals surface area contributed by atoms with E-state index in [4.69, 9.17) is 5.10 Å². The highest BCUT2D eigenvalue weighted by molar-refractivity contribution is 8.14. The number of amides is 1. The third-order valence-electron chi connectivity index (χ3n) is 4.86. The lowest BCUT2D eigenvalue weighted by Crippen LogP contribution is -2.23. The number of hydrogen-bond donors (Lipinski definition) is 0. The summed E-state index contributed by atoms with van der Waals surface area (Å²) in [5.41, 5.74) is 3.84. The van der Waals surface area contributed by atoms with Gasteiger partial charge in [-0.05, 0) is 35.4 Å². The first-order chi connectivity index (χ1) is 13.9. The van der Waals surface area contributed by atoms with Crippen molar-refractivity contribution in [3.63, 3.8) is 0 Å². The maximum Gasteiger partial charge on any atom is 0.269 e. The molecule has 1 amide bonds. The Labute approximate surface area is 172 Å². The molecule has 2 aliphatic rings. The summed E-state index contributed by atoms with van der Waals surface area (Å²) < 4.78 is 0. The molecule has 148 valence electrons. The fourth-order valence-electron chi connectivity index (χ4n) is 3.31. The Morgan fingerprint density at radius 2 is 1.83 bits per heavy atom. The topological polar surface area (TPSA) is 91.4 Å². The van der Waals surface area contributed by atoms with Crippen LogP contribution in [0.5, 0.6) is 0 Å². The summed E-state index contributed by atoms with van der Waals surface area (Å²) in [7, 11) is 3.98. The summed E-state index contributed by atoms with van der Waals surface area (Å²) in [6.07, 6.45) is 0.618. The van der Waals surface area contributed by atoms with Crippen LogP contribution in [0.2, 0.25) is 0 Å². The fourth-order valence-corrected chi connectivity index (χ4v) is 4.09.